The predicted octanol–water partition coefficient (Wildman–Crippen LogP) is 4.82. The number of carbonyl (C=O) groups excluding carboxylic acids is 1. The van der Waals surface area contributed by atoms with Crippen LogP contribution < -0.4 is 9.64 Å². The highest BCUT2D eigenvalue weighted by molar-refractivity contribution is 7.98. The Bertz CT molecular complexity index is 1210. The molecule has 1 amide bonds. The summed E-state index contributed by atoms with van der Waals surface area (Å²) in [6.45, 7) is 5.11. The predicted molar refractivity (Wildman–Crippen MR) is 121 cm³/mol. The fourth-order valence-electron chi connectivity index (χ4n) is 5.09. The number of halogens is 5. The van der Waals surface area contributed by atoms with Gasteiger partial charge in [-0.3, -0.25) is 4.90 Å². The molecular weight excluding hydrogens is 514 g/mol. The van der Waals surface area contributed by atoms with E-state index in [0.29, 0.717) is 12.8 Å². The van der Waals surface area contributed by atoms with Gasteiger partial charge in [-0.25, -0.2) is 19.2 Å². The van der Waals surface area contributed by atoms with Gasteiger partial charge in [0.05, 0.1) is 18.1 Å². The van der Waals surface area contributed by atoms with Crippen molar-refractivity contribution in [3.8, 4) is 5.88 Å². The van der Waals surface area contributed by atoms with Crippen molar-refractivity contribution in [1.29, 1.82) is 0 Å². The number of amides is 1. The molecule has 8 nitrogen and oxygen atoms in total. The lowest BCUT2D eigenvalue weighted by atomic mass is 9.96. The zero-order chi connectivity index (χ0) is 25.4. The van der Waals surface area contributed by atoms with Gasteiger partial charge in [-0.1, -0.05) is 23.4 Å². The van der Waals surface area contributed by atoms with Gasteiger partial charge >= 0.3 is 12.3 Å². The van der Waals surface area contributed by atoms with Gasteiger partial charge in [-0.15, -0.1) is 0 Å². The number of carbonyl (C=O) groups is 1. The van der Waals surface area contributed by atoms with Gasteiger partial charge < -0.3 is 14.4 Å². The molecule has 2 saturated heterocycles. The molecule has 4 atom stereocenters. The van der Waals surface area contributed by atoms with E-state index in [2.05, 4.69) is 15.0 Å². The van der Waals surface area contributed by atoms with Crippen molar-refractivity contribution in [3.63, 3.8) is 0 Å². The normalized spacial score (nSPS) is 25.9. The summed E-state index contributed by atoms with van der Waals surface area (Å²) in [5, 5.41) is -0.570. The molecule has 35 heavy (non-hydrogen) atoms. The fourth-order valence-corrected chi connectivity index (χ4v) is 5.61. The van der Waals surface area contributed by atoms with Crippen molar-refractivity contribution >= 4 is 46.2 Å². The highest BCUT2D eigenvalue weighted by Crippen LogP contribution is 2.48. The van der Waals surface area contributed by atoms with Crippen LogP contribution in [0.2, 0.25) is 5.15 Å². The number of pyridine rings is 1. The molecule has 2 fully saturated rings. The second kappa shape index (κ2) is 8.12. The summed E-state index contributed by atoms with van der Waals surface area (Å²) in [6, 6.07) is -2.67. The van der Waals surface area contributed by atoms with Gasteiger partial charge in [-0.05, 0) is 39.9 Å². The van der Waals surface area contributed by atoms with Gasteiger partial charge in [0.25, 0.3) is 0 Å². The van der Waals surface area contributed by atoms with Gasteiger partial charge in [-0.2, -0.15) is 18.2 Å². The molecular formula is C21H22ClF4N5O3S. The summed E-state index contributed by atoms with van der Waals surface area (Å²) in [5.41, 5.74) is -1.09. The third-order valence-electron chi connectivity index (χ3n) is 6.31. The topological polar surface area (TPSA) is 80.7 Å². The molecule has 0 unspecified atom stereocenters. The van der Waals surface area contributed by atoms with E-state index >= 15 is 0 Å². The first-order valence-corrected chi connectivity index (χ1v) is 12.5. The Labute approximate surface area is 207 Å². The minimum atomic E-state index is -4.84. The third kappa shape index (κ3) is 4.00. The second-order valence-electron chi connectivity index (χ2n) is 9.69. The molecule has 2 bridgehead atoms. The smallest absolute Gasteiger partial charge is 0.427 e. The monoisotopic (exact) mass is 535 g/mol. The molecule has 0 N–H and O–H groups in total. The molecule has 0 saturated carbocycles. The summed E-state index contributed by atoms with van der Waals surface area (Å²) < 4.78 is 69.4. The Morgan fingerprint density at radius 3 is 2.54 bits per heavy atom. The summed E-state index contributed by atoms with van der Waals surface area (Å²) in [5.74, 6) is -1.38. The zero-order valence-electron chi connectivity index (χ0n) is 19.2. The molecule has 5 rings (SSSR count). The number of thioether (sulfide) groups is 1. The number of piperazine rings is 1. The molecule has 3 aliphatic rings. The summed E-state index contributed by atoms with van der Waals surface area (Å²) in [4.78, 5) is 28.3. The van der Waals surface area contributed by atoms with E-state index in [-0.39, 0.29) is 28.4 Å². The van der Waals surface area contributed by atoms with E-state index in [1.54, 1.807) is 27.0 Å². The van der Waals surface area contributed by atoms with E-state index < -0.39 is 59.0 Å². The van der Waals surface area contributed by atoms with Crippen LogP contribution in [0.15, 0.2) is 5.16 Å². The standard InChI is InChI=1S/C21H22ClF4N5O3S/c1-20(2,3)34-19(32)31-8-5-6-9(31)13-14(21(24,25)26)33-17-10-12(11(23)15(22)28-17)27-18(35-4)29-16(10)30(13)7-8/h8-9,13-14H,5-7H2,1-4H3/t8-,9+,13+,14+/m1/s1. The Kier molecular flexibility index (Phi) is 5.66. The van der Waals surface area contributed by atoms with E-state index in [9.17, 15) is 22.4 Å². The molecule has 2 aromatic heterocycles. The molecule has 5 heterocycles. The number of anilines is 1. The van der Waals surface area contributed by atoms with Crippen LogP contribution in [0.3, 0.4) is 0 Å². The van der Waals surface area contributed by atoms with Crippen LogP contribution in [-0.2, 0) is 4.74 Å². The van der Waals surface area contributed by atoms with Gasteiger partial charge in [0.15, 0.2) is 16.1 Å². The first-order chi connectivity index (χ1) is 16.3. The molecule has 0 spiro atoms. The Morgan fingerprint density at radius 1 is 1.20 bits per heavy atom. The number of hydrogen-bond acceptors (Lipinski definition) is 8. The van der Waals surface area contributed by atoms with Gasteiger partial charge in [0.2, 0.25) is 12.0 Å². The van der Waals surface area contributed by atoms with Crippen LogP contribution in [0.5, 0.6) is 5.88 Å². The summed E-state index contributed by atoms with van der Waals surface area (Å²) >= 11 is 7.02. The molecule has 0 aliphatic carbocycles. The largest absolute Gasteiger partial charge is 0.462 e. The van der Waals surface area contributed by atoms with E-state index in [4.69, 9.17) is 21.1 Å². The van der Waals surface area contributed by atoms with E-state index in [1.165, 1.54) is 9.80 Å². The third-order valence-corrected chi connectivity index (χ3v) is 7.11. The fraction of sp³-hybridized carbons (Fsp3) is 0.619. The maximum atomic E-state index is 15.0. The van der Waals surface area contributed by atoms with Crippen molar-refractivity contribution in [3.05, 3.63) is 11.0 Å². The highest BCUT2D eigenvalue weighted by Gasteiger charge is 2.61. The minimum Gasteiger partial charge on any atom is -0.462 e. The van der Waals surface area contributed by atoms with Crippen LogP contribution in [0.4, 0.5) is 28.2 Å². The average molecular weight is 536 g/mol. The Morgan fingerprint density at radius 2 is 1.91 bits per heavy atom. The lowest BCUT2D eigenvalue weighted by molar-refractivity contribution is -0.206. The number of rotatable bonds is 1. The van der Waals surface area contributed by atoms with Crippen molar-refractivity contribution in [1.82, 2.24) is 19.9 Å². The maximum Gasteiger partial charge on any atom is 0.427 e. The number of hydrogen-bond donors (Lipinski definition) is 0. The lowest BCUT2D eigenvalue weighted by Gasteiger charge is -2.48. The van der Waals surface area contributed by atoms with Crippen LogP contribution >= 0.6 is 23.4 Å². The van der Waals surface area contributed by atoms with Gasteiger partial charge in [0, 0.05) is 6.54 Å². The first kappa shape index (κ1) is 24.4. The van der Waals surface area contributed by atoms with E-state index in [0.717, 1.165) is 11.8 Å². The Balaban J connectivity index is 1.71. The van der Waals surface area contributed by atoms with Crippen molar-refractivity contribution < 1.29 is 31.8 Å². The quantitative estimate of drug-likeness (QED) is 0.223. The van der Waals surface area contributed by atoms with Crippen molar-refractivity contribution in [2.75, 3.05) is 17.7 Å². The van der Waals surface area contributed by atoms with Crippen LogP contribution in [0, 0.1) is 5.82 Å². The number of aromatic nitrogens is 3. The number of fused-ring (bicyclic) bond motifs is 5. The number of ether oxygens (including phenoxy) is 2. The van der Waals surface area contributed by atoms with Crippen LogP contribution in [0.1, 0.15) is 33.6 Å². The number of alkyl halides is 3. The molecule has 2 aromatic rings. The molecule has 0 aromatic carbocycles. The molecule has 190 valence electrons. The first-order valence-electron chi connectivity index (χ1n) is 10.9. The Hall–Kier alpha value is -2.28. The molecule has 14 heteroatoms. The minimum absolute atomic E-state index is 0.0277. The van der Waals surface area contributed by atoms with Crippen LogP contribution in [0.25, 0.3) is 10.9 Å². The maximum absolute atomic E-state index is 15.0. The summed E-state index contributed by atoms with van der Waals surface area (Å²) in [6.07, 6.45) is -5.46. The van der Waals surface area contributed by atoms with Crippen molar-refractivity contribution in [2.45, 2.75) is 74.8 Å². The number of nitrogens with zero attached hydrogens (tertiary/aromatic N) is 5. The molecule has 0 radical (unpaired) electrons. The average Bonchev–Trinajstić information content (AvgIpc) is 2.99. The highest BCUT2D eigenvalue weighted by atomic mass is 35.5. The van der Waals surface area contributed by atoms with Gasteiger partial charge in [0.1, 0.15) is 22.3 Å². The zero-order valence-corrected chi connectivity index (χ0v) is 20.8. The summed E-state index contributed by atoms with van der Waals surface area (Å²) in [7, 11) is 0. The van der Waals surface area contributed by atoms with Crippen LogP contribution in [-0.4, -0.2) is 74.8 Å². The lowest BCUT2D eigenvalue weighted by Crippen LogP contribution is -2.68. The SMILES string of the molecule is CSc1nc2c3c(nc(Cl)c(F)c3n1)O[C@H](C(F)(F)F)[C@@H]1[C@@H]3CC[C@H](CN21)N3C(=O)OC(C)(C)C. The second-order valence-corrected chi connectivity index (χ2v) is 10.8. The van der Waals surface area contributed by atoms with Crippen molar-refractivity contribution in [2.24, 2.45) is 0 Å². The van der Waals surface area contributed by atoms with E-state index in [1.807, 2.05) is 0 Å². The molecule has 3 aliphatic heterocycles.